The second kappa shape index (κ2) is 7.79. The van der Waals surface area contributed by atoms with Crippen molar-refractivity contribution in [2.75, 3.05) is 19.7 Å². The quantitative estimate of drug-likeness (QED) is 0.867. The van der Waals surface area contributed by atoms with Crippen molar-refractivity contribution in [1.82, 2.24) is 9.80 Å². The fourth-order valence-electron chi connectivity index (χ4n) is 4.45. The number of piperazine rings is 1. The molecule has 1 N–H and O–H groups in total. The molecule has 4 rings (SSSR count). The second-order valence-corrected chi connectivity index (χ2v) is 7.50. The largest absolute Gasteiger partial charge is 0.394 e. The van der Waals surface area contributed by atoms with E-state index in [1.807, 2.05) is 43.3 Å². The molecule has 0 bridgehead atoms. The van der Waals surface area contributed by atoms with Gasteiger partial charge in [0.25, 0.3) is 5.91 Å². The molecule has 150 valence electrons. The first kappa shape index (κ1) is 19.3. The first-order valence-corrected chi connectivity index (χ1v) is 9.73. The standard InChI is InChI=1S/C23H23FN2O3/c1-2-3-15-4-6-16(7-5-15)22-19-12-25(13-21(28)26(19)20(22)14-27)23(29)17-8-10-18(24)11-9-17/h2-11,19-20,22,27H,12-14H2,1H3/b3-2+/t19-,20-,22+/m0/s1. The van der Waals surface area contributed by atoms with Gasteiger partial charge in [-0.2, -0.15) is 0 Å². The van der Waals surface area contributed by atoms with Crippen LogP contribution in [0.25, 0.3) is 6.08 Å². The van der Waals surface area contributed by atoms with Gasteiger partial charge in [-0.1, -0.05) is 36.4 Å². The van der Waals surface area contributed by atoms with Crippen molar-refractivity contribution in [1.29, 1.82) is 0 Å². The number of nitrogens with zero attached hydrogens (tertiary/aromatic N) is 2. The molecule has 0 saturated carbocycles. The number of benzene rings is 2. The van der Waals surface area contributed by atoms with Crippen molar-refractivity contribution in [2.24, 2.45) is 0 Å². The van der Waals surface area contributed by atoms with Crippen LogP contribution in [0.2, 0.25) is 0 Å². The van der Waals surface area contributed by atoms with Gasteiger partial charge in [0.15, 0.2) is 0 Å². The van der Waals surface area contributed by atoms with E-state index in [-0.39, 0.29) is 43.0 Å². The van der Waals surface area contributed by atoms with Gasteiger partial charge in [0.1, 0.15) is 12.4 Å². The van der Waals surface area contributed by atoms with Crippen LogP contribution in [0.5, 0.6) is 0 Å². The molecule has 0 aromatic heterocycles. The van der Waals surface area contributed by atoms with Crippen LogP contribution in [0.1, 0.15) is 34.3 Å². The van der Waals surface area contributed by atoms with Gasteiger partial charge in [-0.05, 0) is 42.3 Å². The van der Waals surface area contributed by atoms with Gasteiger partial charge in [0, 0.05) is 18.0 Å². The van der Waals surface area contributed by atoms with E-state index in [0.29, 0.717) is 12.1 Å². The van der Waals surface area contributed by atoms with Crippen molar-refractivity contribution in [3.8, 4) is 0 Å². The molecular formula is C23H23FN2O3. The number of aliphatic hydroxyl groups excluding tert-OH is 1. The molecule has 2 fully saturated rings. The lowest BCUT2D eigenvalue weighted by atomic mass is 9.73. The van der Waals surface area contributed by atoms with Crippen molar-refractivity contribution in [2.45, 2.75) is 24.9 Å². The molecule has 0 spiro atoms. The summed E-state index contributed by atoms with van der Waals surface area (Å²) in [6, 6.07) is 13.0. The Morgan fingerprint density at radius 3 is 2.48 bits per heavy atom. The van der Waals surface area contributed by atoms with Gasteiger partial charge in [0.2, 0.25) is 5.91 Å². The molecule has 2 saturated heterocycles. The van der Waals surface area contributed by atoms with Crippen molar-refractivity contribution < 1.29 is 19.1 Å². The number of hydrogen-bond donors (Lipinski definition) is 1. The first-order valence-electron chi connectivity index (χ1n) is 9.73. The highest BCUT2D eigenvalue weighted by atomic mass is 19.1. The summed E-state index contributed by atoms with van der Waals surface area (Å²) in [6.07, 6.45) is 3.98. The summed E-state index contributed by atoms with van der Waals surface area (Å²) >= 11 is 0. The van der Waals surface area contributed by atoms with Crippen LogP contribution in [0.4, 0.5) is 4.39 Å². The molecule has 2 amide bonds. The summed E-state index contributed by atoms with van der Waals surface area (Å²) in [5, 5.41) is 9.87. The topological polar surface area (TPSA) is 60.9 Å². The maximum atomic E-state index is 13.2. The van der Waals surface area contributed by atoms with E-state index in [1.165, 1.54) is 29.2 Å². The highest BCUT2D eigenvalue weighted by Gasteiger charge is 2.54. The molecule has 0 radical (unpaired) electrons. The third-order valence-electron chi connectivity index (χ3n) is 5.81. The van der Waals surface area contributed by atoms with Crippen molar-refractivity contribution >= 4 is 17.9 Å². The van der Waals surface area contributed by atoms with E-state index in [0.717, 1.165) is 11.1 Å². The number of halogens is 1. The fourth-order valence-corrected chi connectivity index (χ4v) is 4.45. The molecule has 5 nitrogen and oxygen atoms in total. The van der Waals surface area contributed by atoms with Crippen LogP contribution in [0.15, 0.2) is 54.6 Å². The number of amides is 2. The zero-order valence-corrected chi connectivity index (χ0v) is 16.2. The van der Waals surface area contributed by atoms with E-state index >= 15 is 0 Å². The minimum absolute atomic E-state index is 0.0316. The van der Waals surface area contributed by atoms with E-state index in [4.69, 9.17) is 0 Å². The smallest absolute Gasteiger partial charge is 0.254 e. The van der Waals surface area contributed by atoms with Gasteiger partial charge in [0.05, 0.1) is 18.7 Å². The first-order chi connectivity index (χ1) is 14.0. The lowest BCUT2D eigenvalue weighted by molar-refractivity contribution is -0.159. The normalized spacial score (nSPS) is 23.8. The van der Waals surface area contributed by atoms with Crippen molar-refractivity contribution in [3.63, 3.8) is 0 Å². The number of hydrogen-bond acceptors (Lipinski definition) is 3. The third kappa shape index (κ3) is 3.44. The maximum Gasteiger partial charge on any atom is 0.254 e. The van der Waals surface area contributed by atoms with Crippen LogP contribution in [-0.4, -0.2) is 58.5 Å². The highest BCUT2D eigenvalue weighted by Crippen LogP contribution is 2.43. The summed E-state index contributed by atoms with van der Waals surface area (Å²) < 4.78 is 13.2. The molecule has 2 aliphatic rings. The summed E-state index contributed by atoms with van der Waals surface area (Å²) in [7, 11) is 0. The number of carbonyl (C=O) groups excluding carboxylic acids is 2. The van der Waals surface area contributed by atoms with Gasteiger partial charge < -0.3 is 14.9 Å². The van der Waals surface area contributed by atoms with Crippen LogP contribution in [0.3, 0.4) is 0 Å². The van der Waals surface area contributed by atoms with E-state index < -0.39 is 5.82 Å². The number of fused-ring (bicyclic) bond motifs is 1. The Balaban J connectivity index is 1.57. The Hall–Kier alpha value is -2.99. The number of allylic oxidation sites excluding steroid dienone is 1. The predicted molar refractivity (Wildman–Crippen MR) is 108 cm³/mol. The fraction of sp³-hybridized carbons (Fsp3) is 0.304. The zero-order valence-electron chi connectivity index (χ0n) is 16.2. The molecule has 2 heterocycles. The average molecular weight is 394 g/mol. The Labute approximate surface area is 169 Å². The second-order valence-electron chi connectivity index (χ2n) is 7.50. The summed E-state index contributed by atoms with van der Waals surface area (Å²) in [4.78, 5) is 28.7. The average Bonchev–Trinajstić information content (AvgIpc) is 2.71. The summed E-state index contributed by atoms with van der Waals surface area (Å²) in [5.74, 6) is -0.897. The zero-order chi connectivity index (χ0) is 20.5. The highest BCUT2D eigenvalue weighted by molar-refractivity contribution is 5.97. The number of aliphatic hydroxyl groups is 1. The van der Waals surface area contributed by atoms with Gasteiger partial charge in [-0.3, -0.25) is 9.59 Å². The molecule has 2 aliphatic heterocycles. The van der Waals surface area contributed by atoms with Crippen LogP contribution in [0, 0.1) is 5.82 Å². The van der Waals surface area contributed by atoms with Crippen molar-refractivity contribution in [3.05, 3.63) is 77.1 Å². The Bertz CT molecular complexity index is 940. The molecule has 0 aliphatic carbocycles. The van der Waals surface area contributed by atoms with Crippen LogP contribution < -0.4 is 0 Å². The van der Waals surface area contributed by atoms with Crippen LogP contribution in [-0.2, 0) is 4.79 Å². The Morgan fingerprint density at radius 1 is 1.17 bits per heavy atom. The van der Waals surface area contributed by atoms with Gasteiger partial charge in [-0.15, -0.1) is 0 Å². The van der Waals surface area contributed by atoms with E-state index in [9.17, 15) is 19.1 Å². The minimum atomic E-state index is -0.409. The molecule has 6 heteroatoms. The predicted octanol–water partition coefficient (Wildman–Crippen LogP) is 2.67. The Kier molecular flexibility index (Phi) is 5.20. The molecule has 3 atom stereocenters. The van der Waals surface area contributed by atoms with Gasteiger partial charge in [-0.25, -0.2) is 4.39 Å². The minimum Gasteiger partial charge on any atom is -0.394 e. The maximum absolute atomic E-state index is 13.2. The summed E-state index contributed by atoms with van der Waals surface area (Å²) in [6.45, 7) is 2.20. The van der Waals surface area contributed by atoms with Gasteiger partial charge >= 0.3 is 0 Å². The Morgan fingerprint density at radius 2 is 1.86 bits per heavy atom. The molecular weight excluding hydrogens is 371 g/mol. The third-order valence-corrected chi connectivity index (χ3v) is 5.81. The summed E-state index contributed by atoms with van der Waals surface area (Å²) in [5.41, 5.74) is 2.49. The molecule has 0 unspecified atom stereocenters. The lowest BCUT2D eigenvalue weighted by Gasteiger charge is -2.58. The SMILES string of the molecule is C/C=C/c1ccc([C@H]2[C@H](CO)N3C(=O)CN(C(=O)c4ccc(F)cc4)C[C@@H]23)cc1. The van der Waals surface area contributed by atoms with E-state index in [1.54, 1.807) is 4.90 Å². The molecule has 29 heavy (non-hydrogen) atoms. The molecule has 2 aromatic carbocycles. The van der Waals surface area contributed by atoms with Crippen LogP contribution >= 0.6 is 0 Å². The number of rotatable bonds is 4. The molecule has 2 aromatic rings. The van der Waals surface area contributed by atoms with E-state index in [2.05, 4.69) is 0 Å². The number of carbonyl (C=O) groups is 2. The monoisotopic (exact) mass is 394 g/mol. The lowest BCUT2D eigenvalue weighted by Crippen LogP contribution is -2.73.